The molecule has 0 saturated heterocycles. The molecule has 2 aliphatic rings. The van der Waals surface area contributed by atoms with Crippen molar-refractivity contribution < 1.29 is 14.6 Å². The summed E-state index contributed by atoms with van der Waals surface area (Å²) in [5.41, 5.74) is 3.90. The second-order valence-electron chi connectivity index (χ2n) is 9.79. The minimum Gasteiger partial charge on any atom is -0.497 e. The molecule has 3 aromatic carbocycles. The van der Waals surface area contributed by atoms with Crippen molar-refractivity contribution in [1.82, 2.24) is 0 Å². The van der Waals surface area contributed by atoms with Crippen LogP contribution in [0.5, 0.6) is 5.75 Å². The fraction of sp³-hybridized carbons (Fsp3) is 0.345. The lowest BCUT2D eigenvalue weighted by Gasteiger charge is -2.47. The van der Waals surface area contributed by atoms with Crippen LogP contribution in [0.25, 0.3) is 0 Å². The van der Waals surface area contributed by atoms with Gasteiger partial charge in [0.15, 0.2) is 0 Å². The fourth-order valence-electron chi connectivity index (χ4n) is 6.21. The Morgan fingerprint density at radius 3 is 2.47 bits per heavy atom. The molecule has 5 heteroatoms. The summed E-state index contributed by atoms with van der Waals surface area (Å²) in [4.78, 5) is 12.6. The van der Waals surface area contributed by atoms with Crippen molar-refractivity contribution in [3.05, 3.63) is 94.0 Å². The summed E-state index contributed by atoms with van der Waals surface area (Å²) < 4.78 is 6.52. The van der Waals surface area contributed by atoms with Crippen LogP contribution in [0.2, 0.25) is 0 Å². The van der Waals surface area contributed by atoms with E-state index in [9.17, 15) is 9.90 Å². The van der Waals surface area contributed by atoms with Gasteiger partial charge in [0, 0.05) is 10.2 Å². The van der Waals surface area contributed by atoms with Gasteiger partial charge in [0.2, 0.25) is 0 Å². The van der Waals surface area contributed by atoms with Gasteiger partial charge in [-0.3, -0.25) is 0 Å². The molecular weight excluding hydrogens is 490 g/mol. The quantitative estimate of drug-likeness (QED) is 0.384. The molecule has 0 heterocycles. The third-order valence-electron chi connectivity index (χ3n) is 8.04. The number of benzene rings is 3. The van der Waals surface area contributed by atoms with E-state index in [1.807, 2.05) is 24.3 Å². The number of aliphatic carboxylic acids is 1. The summed E-state index contributed by atoms with van der Waals surface area (Å²) >= 11 is 3.50. The molecule has 34 heavy (non-hydrogen) atoms. The molecule has 0 amide bonds. The van der Waals surface area contributed by atoms with Crippen LogP contribution in [0, 0.1) is 5.92 Å². The number of nitrogens with one attached hydrogen (secondary N) is 1. The normalized spacial score (nSPS) is 25.6. The van der Waals surface area contributed by atoms with Crippen LogP contribution in [-0.4, -0.2) is 23.7 Å². The topological polar surface area (TPSA) is 58.6 Å². The van der Waals surface area contributed by atoms with E-state index in [1.165, 1.54) is 16.7 Å². The average Bonchev–Trinajstić information content (AvgIpc) is 3.13. The second-order valence-corrected chi connectivity index (χ2v) is 10.7. The van der Waals surface area contributed by atoms with E-state index in [2.05, 4.69) is 69.8 Å². The van der Waals surface area contributed by atoms with Gasteiger partial charge in [0.05, 0.1) is 7.11 Å². The summed E-state index contributed by atoms with van der Waals surface area (Å²) in [5.74, 6) is 0.543. The highest BCUT2D eigenvalue weighted by atomic mass is 79.9. The van der Waals surface area contributed by atoms with Crippen molar-refractivity contribution in [2.24, 2.45) is 5.92 Å². The SMILES string of the molecule is COc1ccc2c(c1)C1(CCC(Nc3cccc(Br)c3)(C(=O)O)CC1)C(Cc1ccccc1)C2. The predicted molar refractivity (Wildman–Crippen MR) is 139 cm³/mol. The summed E-state index contributed by atoms with van der Waals surface area (Å²) in [5, 5.41) is 13.7. The number of carboxylic acid groups (broad SMARTS) is 1. The third kappa shape index (κ3) is 4.11. The number of hydrogen-bond acceptors (Lipinski definition) is 3. The molecular formula is C29H30BrNO3. The standard InChI is InChI=1S/C29H30BrNO3/c1-34-25-11-10-21-17-22(16-20-6-3-2-4-7-20)28(26(21)19-25)12-14-29(15-13-28,27(32)33)31-24-9-5-8-23(30)18-24/h2-11,18-19,22,31H,12-17H2,1H3,(H,32,33). The molecule has 4 nitrogen and oxygen atoms in total. The van der Waals surface area contributed by atoms with Gasteiger partial charge < -0.3 is 15.2 Å². The number of hydrogen-bond donors (Lipinski definition) is 2. The van der Waals surface area contributed by atoms with Gasteiger partial charge in [-0.15, -0.1) is 0 Å². The van der Waals surface area contributed by atoms with Crippen LogP contribution in [-0.2, 0) is 23.1 Å². The summed E-state index contributed by atoms with van der Waals surface area (Å²) in [6, 6.07) is 24.9. The van der Waals surface area contributed by atoms with E-state index in [4.69, 9.17) is 4.74 Å². The first-order valence-electron chi connectivity index (χ1n) is 11.9. The molecule has 1 saturated carbocycles. The van der Waals surface area contributed by atoms with Crippen LogP contribution in [0.15, 0.2) is 77.3 Å². The van der Waals surface area contributed by atoms with Gasteiger partial charge in [0.1, 0.15) is 11.3 Å². The maximum absolute atomic E-state index is 12.6. The number of ether oxygens (including phenoxy) is 1. The van der Waals surface area contributed by atoms with Gasteiger partial charge in [0.25, 0.3) is 0 Å². The van der Waals surface area contributed by atoms with Crippen molar-refractivity contribution in [3.8, 4) is 5.75 Å². The number of fused-ring (bicyclic) bond motifs is 2. The Morgan fingerprint density at radius 1 is 1.03 bits per heavy atom. The molecule has 176 valence electrons. The molecule has 1 fully saturated rings. The van der Waals surface area contributed by atoms with Crippen LogP contribution in [0.4, 0.5) is 5.69 Å². The third-order valence-corrected chi connectivity index (χ3v) is 8.53. The largest absolute Gasteiger partial charge is 0.497 e. The van der Waals surface area contributed by atoms with Gasteiger partial charge in [-0.2, -0.15) is 0 Å². The zero-order valence-electron chi connectivity index (χ0n) is 19.4. The number of methoxy groups -OCH3 is 1. The smallest absolute Gasteiger partial charge is 0.329 e. The Bertz CT molecular complexity index is 1180. The fourth-order valence-corrected chi connectivity index (χ4v) is 6.61. The predicted octanol–water partition coefficient (Wildman–Crippen LogP) is 6.62. The van der Waals surface area contributed by atoms with E-state index in [0.29, 0.717) is 18.8 Å². The van der Waals surface area contributed by atoms with Gasteiger partial charge in [-0.1, -0.05) is 58.4 Å². The first-order valence-corrected chi connectivity index (χ1v) is 12.7. The Morgan fingerprint density at radius 2 is 1.79 bits per heavy atom. The van der Waals surface area contributed by atoms with E-state index in [0.717, 1.165) is 41.6 Å². The molecule has 0 aliphatic heterocycles. The number of anilines is 1. The second kappa shape index (κ2) is 9.10. The molecule has 5 rings (SSSR count). The number of rotatable bonds is 6. The van der Waals surface area contributed by atoms with Crippen molar-refractivity contribution in [1.29, 1.82) is 0 Å². The molecule has 1 atom stereocenters. The minimum atomic E-state index is -0.967. The van der Waals surface area contributed by atoms with E-state index >= 15 is 0 Å². The Balaban J connectivity index is 1.48. The number of halogens is 1. The molecule has 2 aliphatic carbocycles. The van der Waals surface area contributed by atoms with Crippen molar-refractivity contribution >= 4 is 27.6 Å². The van der Waals surface area contributed by atoms with Crippen LogP contribution >= 0.6 is 15.9 Å². The van der Waals surface area contributed by atoms with Crippen molar-refractivity contribution in [3.63, 3.8) is 0 Å². The summed E-state index contributed by atoms with van der Waals surface area (Å²) in [6.07, 6.45) is 4.84. The minimum absolute atomic E-state index is 0.0440. The maximum Gasteiger partial charge on any atom is 0.329 e. The molecule has 0 radical (unpaired) electrons. The van der Waals surface area contributed by atoms with E-state index < -0.39 is 11.5 Å². The van der Waals surface area contributed by atoms with Gasteiger partial charge >= 0.3 is 5.97 Å². The lowest BCUT2D eigenvalue weighted by atomic mass is 9.60. The first-order chi connectivity index (χ1) is 16.4. The number of carboxylic acids is 1. The molecule has 1 unspecified atom stereocenters. The highest BCUT2D eigenvalue weighted by molar-refractivity contribution is 9.10. The Kier molecular flexibility index (Phi) is 6.15. The zero-order chi connectivity index (χ0) is 23.8. The zero-order valence-corrected chi connectivity index (χ0v) is 21.0. The lowest BCUT2D eigenvalue weighted by Crippen LogP contribution is -2.53. The van der Waals surface area contributed by atoms with Crippen LogP contribution < -0.4 is 10.1 Å². The van der Waals surface area contributed by atoms with E-state index in [-0.39, 0.29) is 5.41 Å². The summed E-state index contributed by atoms with van der Waals surface area (Å²) in [6.45, 7) is 0. The Labute approximate surface area is 209 Å². The van der Waals surface area contributed by atoms with E-state index in [1.54, 1.807) is 7.11 Å². The van der Waals surface area contributed by atoms with Gasteiger partial charge in [-0.25, -0.2) is 4.79 Å². The molecule has 2 N–H and O–H groups in total. The number of carbonyl (C=O) groups is 1. The highest BCUT2D eigenvalue weighted by Crippen LogP contribution is 2.56. The molecule has 3 aromatic rings. The lowest BCUT2D eigenvalue weighted by molar-refractivity contribution is -0.144. The summed E-state index contributed by atoms with van der Waals surface area (Å²) in [7, 11) is 1.71. The molecule has 0 bridgehead atoms. The van der Waals surface area contributed by atoms with Crippen LogP contribution in [0.1, 0.15) is 42.4 Å². The van der Waals surface area contributed by atoms with Crippen LogP contribution in [0.3, 0.4) is 0 Å². The highest BCUT2D eigenvalue weighted by Gasteiger charge is 2.54. The maximum atomic E-state index is 12.6. The monoisotopic (exact) mass is 519 g/mol. The average molecular weight is 520 g/mol. The Hall–Kier alpha value is -2.79. The van der Waals surface area contributed by atoms with Crippen molar-refractivity contribution in [2.75, 3.05) is 12.4 Å². The molecule has 0 aromatic heterocycles. The molecule has 1 spiro atoms. The van der Waals surface area contributed by atoms with Crippen molar-refractivity contribution in [2.45, 2.75) is 49.5 Å². The first kappa shape index (κ1) is 23.0. The van der Waals surface area contributed by atoms with Gasteiger partial charge in [-0.05, 0) is 96.9 Å².